The van der Waals surface area contributed by atoms with Crippen LogP contribution in [0.25, 0.3) is 11.0 Å². The Labute approximate surface area is 116 Å². The Kier molecular flexibility index (Phi) is 3.38. The van der Waals surface area contributed by atoms with E-state index in [1.165, 1.54) is 23.5 Å². The van der Waals surface area contributed by atoms with Crippen LogP contribution in [0.4, 0.5) is 0 Å². The number of aryl methyl sites for hydroxylation is 1. The van der Waals surface area contributed by atoms with Crippen molar-refractivity contribution in [2.75, 3.05) is 0 Å². The van der Waals surface area contributed by atoms with Gasteiger partial charge in [0.15, 0.2) is 11.4 Å². The fraction of sp³-hybridized carbons (Fsp3) is 0.571. The fourth-order valence-electron chi connectivity index (χ4n) is 2.90. The van der Waals surface area contributed by atoms with E-state index in [1.807, 2.05) is 0 Å². The maximum absolute atomic E-state index is 12.3. The second-order valence-corrected chi connectivity index (χ2v) is 5.48. The van der Waals surface area contributed by atoms with Gasteiger partial charge < -0.3 is 0 Å². The highest BCUT2D eigenvalue weighted by Gasteiger charge is 2.21. The van der Waals surface area contributed by atoms with Crippen LogP contribution in [-0.4, -0.2) is 25.1 Å². The highest BCUT2D eigenvalue weighted by atomic mass is 16.1. The first kappa shape index (κ1) is 13.0. The molecule has 1 aliphatic carbocycles. The van der Waals surface area contributed by atoms with Crippen molar-refractivity contribution in [3.63, 3.8) is 0 Å². The maximum Gasteiger partial charge on any atom is 0.264 e. The van der Waals surface area contributed by atoms with Crippen molar-refractivity contribution in [1.82, 2.24) is 19.3 Å². The van der Waals surface area contributed by atoms with Crippen LogP contribution in [0.2, 0.25) is 0 Å². The zero-order valence-electron chi connectivity index (χ0n) is 11.6. The quantitative estimate of drug-likeness (QED) is 0.845. The number of hydrogen-bond acceptors (Lipinski definition) is 4. The third-order valence-corrected chi connectivity index (χ3v) is 4.10. The number of fused-ring (bicyclic) bond motifs is 1. The first-order valence-corrected chi connectivity index (χ1v) is 7.06. The predicted molar refractivity (Wildman–Crippen MR) is 74.4 cm³/mol. The zero-order chi connectivity index (χ0) is 14.1. The van der Waals surface area contributed by atoms with E-state index in [0.717, 1.165) is 25.7 Å². The topological polar surface area (TPSA) is 69.8 Å². The van der Waals surface area contributed by atoms with E-state index < -0.39 is 0 Å². The lowest BCUT2D eigenvalue weighted by Gasteiger charge is -2.20. The van der Waals surface area contributed by atoms with Gasteiger partial charge in [0.2, 0.25) is 0 Å². The Morgan fingerprint density at radius 1 is 1.35 bits per heavy atom. The van der Waals surface area contributed by atoms with Gasteiger partial charge >= 0.3 is 0 Å². The number of carbonyl (C=O) groups is 1. The molecule has 0 radical (unpaired) electrons. The average Bonchev–Trinajstić information content (AvgIpc) is 2.85. The summed E-state index contributed by atoms with van der Waals surface area (Å²) in [5.74, 6) is 0.261. The second-order valence-electron chi connectivity index (χ2n) is 5.48. The summed E-state index contributed by atoms with van der Waals surface area (Å²) in [6.45, 7) is 0.126. The molecule has 0 N–H and O–H groups in total. The van der Waals surface area contributed by atoms with Crippen LogP contribution in [0.3, 0.4) is 0 Å². The zero-order valence-corrected chi connectivity index (χ0v) is 11.6. The molecule has 1 aliphatic rings. The summed E-state index contributed by atoms with van der Waals surface area (Å²) in [5, 5.41) is 4.49. The minimum absolute atomic E-state index is 0.111. The molecule has 0 bridgehead atoms. The molecule has 6 heteroatoms. The Hall–Kier alpha value is -1.98. The number of rotatable bonds is 3. The normalized spacial score (nSPS) is 16.6. The monoisotopic (exact) mass is 274 g/mol. The molecule has 1 saturated carbocycles. The van der Waals surface area contributed by atoms with Crippen LogP contribution in [-0.2, 0) is 18.4 Å². The van der Waals surface area contributed by atoms with Crippen molar-refractivity contribution in [2.45, 2.75) is 38.6 Å². The van der Waals surface area contributed by atoms with Crippen LogP contribution in [0.5, 0.6) is 0 Å². The van der Waals surface area contributed by atoms with Crippen molar-refractivity contribution in [1.29, 1.82) is 0 Å². The van der Waals surface area contributed by atoms with Gasteiger partial charge in [-0.2, -0.15) is 5.10 Å². The molecule has 1 fully saturated rings. The molecule has 20 heavy (non-hydrogen) atoms. The number of nitrogens with zero attached hydrogens (tertiary/aromatic N) is 4. The van der Waals surface area contributed by atoms with E-state index in [-0.39, 0.29) is 23.8 Å². The molecule has 2 aromatic rings. The van der Waals surface area contributed by atoms with Gasteiger partial charge in [0.1, 0.15) is 11.7 Å². The van der Waals surface area contributed by atoms with E-state index in [4.69, 9.17) is 0 Å². The molecule has 0 atom stereocenters. The van der Waals surface area contributed by atoms with Gasteiger partial charge in [-0.15, -0.1) is 0 Å². The lowest BCUT2D eigenvalue weighted by molar-refractivity contribution is -0.124. The molecule has 0 saturated heterocycles. The van der Waals surface area contributed by atoms with Crippen molar-refractivity contribution in [3.05, 3.63) is 22.9 Å². The lowest BCUT2D eigenvalue weighted by Crippen LogP contribution is -2.29. The Balaban J connectivity index is 1.85. The summed E-state index contributed by atoms with van der Waals surface area (Å²) < 4.78 is 2.96. The smallest absolute Gasteiger partial charge is 0.264 e. The molecule has 106 valence electrons. The third kappa shape index (κ3) is 2.26. The molecule has 0 unspecified atom stereocenters. The number of aromatic nitrogens is 4. The fourth-order valence-corrected chi connectivity index (χ4v) is 2.90. The molecular formula is C14H18N4O2. The molecule has 3 rings (SSSR count). The van der Waals surface area contributed by atoms with Gasteiger partial charge in [0.25, 0.3) is 5.56 Å². The second kappa shape index (κ2) is 5.19. The van der Waals surface area contributed by atoms with Crippen LogP contribution in [0.1, 0.15) is 32.1 Å². The van der Waals surface area contributed by atoms with E-state index in [2.05, 4.69) is 10.1 Å². The van der Waals surface area contributed by atoms with E-state index >= 15 is 0 Å². The highest BCUT2D eigenvalue weighted by Crippen LogP contribution is 2.24. The molecule has 0 amide bonds. The summed E-state index contributed by atoms with van der Waals surface area (Å²) in [7, 11) is 1.74. The number of ketones is 1. The minimum Gasteiger partial charge on any atom is -0.297 e. The number of hydrogen-bond donors (Lipinski definition) is 0. The van der Waals surface area contributed by atoms with Crippen molar-refractivity contribution < 1.29 is 4.79 Å². The molecule has 0 aromatic carbocycles. The standard InChI is InChI=1S/C14H18N4O2/c1-17-13-11(7-16-17)14(20)18(9-15-13)8-12(19)10-5-3-2-4-6-10/h7,9-10H,2-6,8H2,1H3. The van der Waals surface area contributed by atoms with Crippen molar-refractivity contribution >= 4 is 16.8 Å². The van der Waals surface area contributed by atoms with Gasteiger partial charge in [-0.25, -0.2) is 4.98 Å². The van der Waals surface area contributed by atoms with Gasteiger partial charge in [-0.1, -0.05) is 19.3 Å². The largest absolute Gasteiger partial charge is 0.297 e. The Morgan fingerprint density at radius 3 is 2.85 bits per heavy atom. The minimum atomic E-state index is -0.188. The van der Waals surface area contributed by atoms with E-state index in [9.17, 15) is 9.59 Å². The molecule has 2 heterocycles. The van der Waals surface area contributed by atoms with Gasteiger partial charge in [-0.3, -0.25) is 18.8 Å². The van der Waals surface area contributed by atoms with Crippen LogP contribution < -0.4 is 5.56 Å². The van der Waals surface area contributed by atoms with Gasteiger partial charge in [-0.05, 0) is 12.8 Å². The van der Waals surface area contributed by atoms with E-state index in [1.54, 1.807) is 11.7 Å². The highest BCUT2D eigenvalue weighted by molar-refractivity contribution is 5.81. The predicted octanol–water partition coefficient (Wildman–Crippen LogP) is 1.28. The third-order valence-electron chi connectivity index (χ3n) is 4.10. The van der Waals surface area contributed by atoms with Crippen molar-refractivity contribution in [3.8, 4) is 0 Å². The summed E-state index contributed by atoms with van der Waals surface area (Å²) in [6, 6.07) is 0. The summed E-state index contributed by atoms with van der Waals surface area (Å²) in [4.78, 5) is 28.7. The number of carbonyl (C=O) groups excluding carboxylic acids is 1. The number of Topliss-reactive ketones (excluding diaryl/α,β-unsaturated/α-hetero) is 1. The molecule has 0 spiro atoms. The van der Waals surface area contributed by atoms with Gasteiger partial charge in [0, 0.05) is 13.0 Å². The van der Waals surface area contributed by atoms with Crippen LogP contribution >= 0.6 is 0 Å². The SMILES string of the molecule is Cn1ncc2c(=O)n(CC(=O)C3CCCCC3)cnc21. The molecular weight excluding hydrogens is 256 g/mol. The molecule has 6 nitrogen and oxygen atoms in total. The first-order valence-electron chi connectivity index (χ1n) is 7.06. The molecule has 0 aliphatic heterocycles. The first-order chi connectivity index (χ1) is 9.66. The Bertz CT molecular complexity index is 695. The lowest BCUT2D eigenvalue weighted by atomic mass is 9.86. The summed E-state index contributed by atoms with van der Waals surface area (Å²) in [5.41, 5.74) is 0.364. The van der Waals surface area contributed by atoms with Gasteiger partial charge in [0.05, 0.1) is 12.7 Å². The maximum atomic E-state index is 12.3. The average molecular weight is 274 g/mol. The summed E-state index contributed by atoms with van der Waals surface area (Å²) >= 11 is 0. The molecule has 2 aromatic heterocycles. The van der Waals surface area contributed by atoms with Crippen molar-refractivity contribution in [2.24, 2.45) is 13.0 Å². The summed E-state index contributed by atoms with van der Waals surface area (Å²) in [6.07, 6.45) is 8.31. The van der Waals surface area contributed by atoms with E-state index in [0.29, 0.717) is 11.0 Å². The van der Waals surface area contributed by atoms with Crippen LogP contribution in [0.15, 0.2) is 17.3 Å². The van der Waals surface area contributed by atoms with Crippen LogP contribution in [0, 0.1) is 5.92 Å². The Morgan fingerprint density at radius 2 is 2.10 bits per heavy atom.